The first kappa shape index (κ1) is 15.3. The van der Waals surface area contributed by atoms with E-state index in [1.807, 2.05) is 30.0 Å². The molecule has 120 valence electrons. The largest absolute Gasteiger partial charge is 0.496 e. The lowest BCUT2D eigenvalue weighted by Gasteiger charge is -2.38. The third-order valence-electron chi connectivity index (χ3n) is 5.10. The zero-order valence-electron chi connectivity index (χ0n) is 13.7. The van der Waals surface area contributed by atoms with Crippen LogP contribution < -0.4 is 4.74 Å². The summed E-state index contributed by atoms with van der Waals surface area (Å²) in [5.74, 6) is 0.916. The summed E-state index contributed by atoms with van der Waals surface area (Å²) in [4.78, 5) is 17.2. The minimum absolute atomic E-state index is 0.129. The Hall–Kier alpha value is -1.55. The van der Waals surface area contributed by atoms with E-state index < -0.39 is 0 Å². The Bertz CT molecular complexity index is 530. The fourth-order valence-corrected chi connectivity index (χ4v) is 3.70. The van der Waals surface area contributed by atoms with Crippen LogP contribution in [0.15, 0.2) is 18.2 Å². The molecule has 1 amide bonds. The van der Waals surface area contributed by atoms with Gasteiger partial charge in [0, 0.05) is 37.8 Å². The number of methoxy groups -OCH3 is 1. The van der Waals surface area contributed by atoms with Gasteiger partial charge in [0.25, 0.3) is 5.91 Å². The van der Waals surface area contributed by atoms with E-state index in [4.69, 9.17) is 4.74 Å². The van der Waals surface area contributed by atoms with Crippen molar-refractivity contribution < 1.29 is 9.53 Å². The molecule has 1 aliphatic heterocycles. The van der Waals surface area contributed by atoms with E-state index >= 15 is 0 Å². The summed E-state index contributed by atoms with van der Waals surface area (Å²) in [5.41, 5.74) is 1.79. The first-order valence-corrected chi connectivity index (χ1v) is 8.37. The molecule has 0 N–H and O–H groups in total. The second kappa shape index (κ2) is 6.69. The first-order chi connectivity index (χ1) is 10.7. The lowest BCUT2D eigenvalue weighted by atomic mass is 10.1. The zero-order valence-corrected chi connectivity index (χ0v) is 13.7. The summed E-state index contributed by atoms with van der Waals surface area (Å²) in [6, 6.07) is 6.49. The number of amides is 1. The third-order valence-corrected chi connectivity index (χ3v) is 5.10. The molecule has 0 bridgehead atoms. The smallest absolute Gasteiger partial charge is 0.254 e. The molecule has 0 radical (unpaired) electrons. The van der Waals surface area contributed by atoms with Crippen molar-refractivity contribution in [2.75, 3.05) is 33.3 Å². The highest BCUT2D eigenvalue weighted by atomic mass is 16.5. The number of piperazine rings is 1. The molecule has 2 fully saturated rings. The highest BCUT2D eigenvalue weighted by molar-refractivity contribution is 5.94. The van der Waals surface area contributed by atoms with Crippen molar-refractivity contribution in [3.05, 3.63) is 29.3 Å². The highest BCUT2D eigenvalue weighted by Gasteiger charge is 2.28. The molecule has 4 nitrogen and oxygen atoms in total. The molecule has 4 heteroatoms. The first-order valence-electron chi connectivity index (χ1n) is 8.37. The Kier molecular flexibility index (Phi) is 4.67. The van der Waals surface area contributed by atoms with Crippen molar-refractivity contribution in [3.63, 3.8) is 0 Å². The minimum atomic E-state index is 0.129. The van der Waals surface area contributed by atoms with Crippen LogP contribution in [0.3, 0.4) is 0 Å². The average Bonchev–Trinajstić information content (AvgIpc) is 3.09. The molecular formula is C18H26N2O2. The summed E-state index contributed by atoms with van der Waals surface area (Å²) in [6.07, 6.45) is 5.41. The van der Waals surface area contributed by atoms with Gasteiger partial charge in [-0.15, -0.1) is 0 Å². The molecule has 0 spiro atoms. The second-order valence-electron chi connectivity index (χ2n) is 6.45. The van der Waals surface area contributed by atoms with Gasteiger partial charge in [-0.3, -0.25) is 9.69 Å². The van der Waals surface area contributed by atoms with Crippen LogP contribution in [0.4, 0.5) is 0 Å². The van der Waals surface area contributed by atoms with E-state index in [0.717, 1.165) is 49.1 Å². The van der Waals surface area contributed by atoms with E-state index in [1.165, 1.54) is 25.7 Å². The average molecular weight is 302 g/mol. The summed E-state index contributed by atoms with van der Waals surface area (Å²) >= 11 is 0. The molecule has 1 saturated heterocycles. The lowest BCUT2D eigenvalue weighted by molar-refractivity contribution is 0.0573. The van der Waals surface area contributed by atoms with Gasteiger partial charge < -0.3 is 9.64 Å². The standard InChI is InChI=1S/C18H26N2O2/c1-14-7-8-15(13-17(14)22-2)18(21)20-11-9-19(10-12-20)16-5-3-4-6-16/h7-8,13,16H,3-6,9-12H2,1-2H3. The Morgan fingerprint density at radius 3 is 2.45 bits per heavy atom. The maximum absolute atomic E-state index is 12.7. The zero-order chi connectivity index (χ0) is 15.5. The van der Waals surface area contributed by atoms with Gasteiger partial charge in [-0.1, -0.05) is 18.9 Å². The van der Waals surface area contributed by atoms with Crippen molar-refractivity contribution in [3.8, 4) is 5.75 Å². The number of benzene rings is 1. The Balaban J connectivity index is 1.62. The Morgan fingerprint density at radius 1 is 1.14 bits per heavy atom. The monoisotopic (exact) mass is 302 g/mol. The molecule has 1 heterocycles. The molecular weight excluding hydrogens is 276 g/mol. The number of rotatable bonds is 3. The molecule has 1 aliphatic carbocycles. The van der Waals surface area contributed by atoms with Crippen LogP contribution in [0.2, 0.25) is 0 Å². The fraction of sp³-hybridized carbons (Fsp3) is 0.611. The number of carbonyl (C=O) groups is 1. The lowest BCUT2D eigenvalue weighted by Crippen LogP contribution is -2.51. The van der Waals surface area contributed by atoms with Gasteiger partial charge in [0.2, 0.25) is 0 Å². The number of ether oxygens (including phenoxy) is 1. The van der Waals surface area contributed by atoms with Gasteiger partial charge in [-0.05, 0) is 37.5 Å². The number of hydrogen-bond donors (Lipinski definition) is 0. The van der Waals surface area contributed by atoms with E-state index in [-0.39, 0.29) is 5.91 Å². The normalized spacial score (nSPS) is 20.4. The van der Waals surface area contributed by atoms with Crippen LogP contribution in [0.5, 0.6) is 5.75 Å². The molecule has 1 aromatic carbocycles. The molecule has 0 aromatic heterocycles. The number of carbonyl (C=O) groups excluding carboxylic acids is 1. The fourth-order valence-electron chi connectivity index (χ4n) is 3.70. The van der Waals surface area contributed by atoms with Gasteiger partial charge in [-0.2, -0.15) is 0 Å². The molecule has 0 atom stereocenters. The van der Waals surface area contributed by atoms with Crippen molar-refractivity contribution in [2.45, 2.75) is 38.6 Å². The van der Waals surface area contributed by atoms with Crippen molar-refractivity contribution in [1.82, 2.24) is 9.80 Å². The minimum Gasteiger partial charge on any atom is -0.496 e. The summed E-state index contributed by atoms with van der Waals surface area (Å²) in [5, 5.41) is 0. The Labute approximate surface area is 133 Å². The van der Waals surface area contributed by atoms with Crippen molar-refractivity contribution in [1.29, 1.82) is 0 Å². The van der Waals surface area contributed by atoms with E-state index in [2.05, 4.69) is 4.90 Å². The third kappa shape index (κ3) is 3.12. The van der Waals surface area contributed by atoms with Crippen LogP contribution in [0.25, 0.3) is 0 Å². The van der Waals surface area contributed by atoms with E-state index in [0.29, 0.717) is 0 Å². The van der Waals surface area contributed by atoms with Crippen LogP contribution in [0, 0.1) is 6.92 Å². The SMILES string of the molecule is COc1cc(C(=O)N2CCN(C3CCCC3)CC2)ccc1C. The number of aryl methyl sites for hydroxylation is 1. The molecule has 22 heavy (non-hydrogen) atoms. The number of nitrogens with zero attached hydrogens (tertiary/aromatic N) is 2. The van der Waals surface area contributed by atoms with Gasteiger partial charge in [0.15, 0.2) is 0 Å². The van der Waals surface area contributed by atoms with Gasteiger partial charge in [-0.25, -0.2) is 0 Å². The van der Waals surface area contributed by atoms with E-state index in [9.17, 15) is 4.79 Å². The topological polar surface area (TPSA) is 32.8 Å². The van der Waals surface area contributed by atoms with Crippen LogP contribution in [-0.2, 0) is 0 Å². The van der Waals surface area contributed by atoms with Gasteiger partial charge in [0.05, 0.1) is 7.11 Å². The number of hydrogen-bond acceptors (Lipinski definition) is 3. The molecule has 3 rings (SSSR count). The predicted octanol–water partition coefficient (Wildman–Crippen LogP) is 2.70. The van der Waals surface area contributed by atoms with Crippen molar-refractivity contribution in [2.24, 2.45) is 0 Å². The van der Waals surface area contributed by atoms with Crippen LogP contribution >= 0.6 is 0 Å². The quantitative estimate of drug-likeness (QED) is 0.860. The molecule has 1 aromatic rings. The summed E-state index contributed by atoms with van der Waals surface area (Å²) < 4.78 is 5.33. The highest BCUT2D eigenvalue weighted by Crippen LogP contribution is 2.25. The summed E-state index contributed by atoms with van der Waals surface area (Å²) in [7, 11) is 1.65. The van der Waals surface area contributed by atoms with Crippen molar-refractivity contribution >= 4 is 5.91 Å². The molecule has 0 unspecified atom stereocenters. The van der Waals surface area contributed by atoms with Crippen LogP contribution in [-0.4, -0.2) is 55.0 Å². The van der Waals surface area contributed by atoms with Gasteiger partial charge >= 0.3 is 0 Å². The van der Waals surface area contributed by atoms with Crippen LogP contribution in [0.1, 0.15) is 41.6 Å². The van der Waals surface area contributed by atoms with Gasteiger partial charge in [0.1, 0.15) is 5.75 Å². The Morgan fingerprint density at radius 2 is 1.82 bits per heavy atom. The predicted molar refractivity (Wildman–Crippen MR) is 87.5 cm³/mol. The second-order valence-corrected chi connectivity index (χ2v) is 6.45. The molecule has 1 saturated carbocycles. The molecule has 2 aliphatic rings. The summed E-state index contributed by atoms with van der Waals surface area (Å²) in [6.45, 7) is 5.70. The van der Waals surface area contributed by atoms with E-state index in [1.54, 1.807) is 7.11 Å². The maximum atomic E-state index is 12.7. The maximum Gasteiger partial charge on any atom is 0.254 e.